The van der Waals surface area contributed by atoms with E-state index in [0.29, 0.717) is 31.2 Å². The molecule has 1 rings (SSSR count). The number of hydrogen-bond donors (Lipinski definition) is 1. The number of unbranched alkanes of at least 4 members (excludes halogenated alkanes) is 1. The maximum absolute atomic E-state index is 12.0. The van der Waals surface area contributed by atoms with E-state index in [2.05, 4.69) is 6.92 Å². The Bertz CT molecular complexity index is 291. The molecule has 0 saturated heterocycles. The highest BCUT2D eigenvalue weighted by Crippen LogP contribution is 2.27. The van der Waals surface area contributed by atoms with Gasteiger partial charge in [0.2, 0.25) is 5.91 Å². The zero-order valence-electron chi connectivity index (χ0n) is 11.5. The maximum Gasteiger partial charge on any atom is 0.303 e. The molecule has 0 aromatic carbocycles. The van der Waals surface area contributed by atoms with Crippen LogP contribution in [0.4, 0.5) is 0 Å². The molecule has 0 radical (unpaired) electrons. The summed E-state index contributed by atoms with van der Waals surface area (Å²) in [5.41, 5.74) is 0. The van der Waals surface area contributed by atoms with Crippen LogP contribution < -0.4 is 0 Å². The summed E-state index contributed by atoms with van der Waals surface area (Å²) in [7, 11) is 1.89. The van der Waals surface area contributed by atoms with Gasteiger partial charge < -0.3 is 10.0 Å². The largest absolute Gasteiger partial charge is 0.481 e. The van der Waals surface area contributed by atoms with E-state index < -0.39 is 5.97 Å². The molecule has 1 fully saturated rings. The maximum atomic E-state index is 12.0. The molecule has 18 heavy (non-hydrogen) atoms. The predicted octanol–water partition coefficient (Wildman–Crippen LogP) is 2.67. The fraction of sp³-hybridized carbons (Fsp3) is 0.857. The Hall–Kier alpha value is -1.06. The van der Waals surface area contributed by atoms with Crippen LogP contribution in [0.25, 0.3) is 0 Å². The van der Waals surface area contributed by atoms with Crippen LogP contribution in [0.15, 0.2) is 0 Å². The Morgan fingerprint density at radius 1 is 1.17 bits per heavy atom. The molecule has 4 nitrogen and oxygen atoms in total. The van der Waals surface area contributed by atoms with Crippen molar-refractivity contribution in [2.24, 2.45) is 5.92 Å². The van der Waals surface area contributed by atoms with Crippen molar-refractivity contribution >= 4 is 11.9 Å². The number of carboxylic acid groups (broad SMARTS) is 1. The Morgan fingerprint density at radius 2 is 1.78 bits per heavy atom. The minimum Gasteiger partial charge on any atom is -0.481 e. The number of hydrogen-bond acceptors (Lipinski definition) is 2. The van der Waals surface area contributed by atoms with Crippen LogP contribution in [-0.2, 0) is 9.59 Å². The van der Waals surface area contributed by atoms with Crippen LogP contribution in [0.1, 0.15) is 58.3 Å². The predicted molar refractivity (Wildman–Crippen MR) is 70.3 cm³/mol. The molecule has 0 aromatic heterocycles. The molecule has 1 N–H and O–H groups in total. The van der Waals surface area contributed by atoms with Gasteiger partial charge in [-0.15, -0.1) is 0 Å². The minimum absolute atomic E-state index is 0.164. The SMILES string of the molecule is CC1CCCCC1N(C)C(=O)CCCCC(=O)O. The van der Waals surface area contributed by atoms with Crippen LogP contribution in [0.2, 0.25) is 0 Å². The molecule has 2 atom stereocenters. The van der Waals surface area contributed by atoms with E-state index in [1.54, 1.807) is 0 Å². The molecule has 104 valence electrons. The van der Waals surface area contributed by atoms with Gasteiger partial charge in [0.05, 0.1) is 0 Å². The van der Waals surface area contributed by atoms with Gasteiger partial charge in [0.15, 0.2) is 0 Å². The molecule has 4 heteroatoms. The van der Waals surface area contributed by atoms with Gasteiger partial charge in [-0.25, -0.2) is 0 Å². The number of carboxylic acids is 1. The first-order valence-electron chi connectivity index (χ1n) is 7.00. The van der Waals surface area contributed by atoms with Gasteiger partial charge in [0.1, 0.15) is 0 Å². The minimum atomic E-state index is -0.781. The van der Waals surface area contributed by atoms with E-state index >= 15 is 0 Å². The lowest BCUT2D eigenvalue weighted by Gasteiger charge is -2.36. The fourth-order valence-electron chi connectivity index (χ4n) is 2.79. The van der Waals surface area contributed by atoms with Gasteiger partial charge in [-0.2, -0.15) is 0 Å². The van der Waals surface area contributed by atoms with Gasteiger partial charge in [0, 0.05) is 25.9 Å². The third-order valence-corrected chi connectivity index (χ3v) is 3.99. The lowest BCUT2D eigenvalue weighted by atomic mass is 9.85. The number of rotatable bonds is 6. The van der Waals surface area contributed by atoms with Gasteiger partial charge in [0.25, 0.3) is 0 Å². The second-order valence-corrected chi connectivity index (χ2v) is 5.43. The van der Waals surface area contributed by atoms with E-state index in [-0.39, 0.29) is 12.3 Å². The van der Waals surface area contributed by atoms with Crippen molar-refractivity contribution in [3.8, 4) is 0 Å². The second kappa shape index (κ2) is 7.39. The standard InChI is InChI=1S/C14H25NO3/c1-11-7-3-4-8-12(11)15(2)13(16)9-5-6-10-14(17)18/h11-12H,3-10H2,1-2H3,(H,17,18). The highest BCUT2D eigenvalue weighted by atomic mass is 16.4. The van der Waals surface area contributed by atoms with Gasteiger partial charge in [-0.05, 0) is 31.6 Å². The van der Waals surface area contributed by atoms with Crippen molar-refractivity contribution in [1.82, 2.24) is 4.90 Å². The summed E-state index contributed by atoms with van der Waals surface area (Å²) in [5, 5.41) is 8.53. The van der Waals surface area contributed by atoms with E-state index in [9.17, 15) is 9.59 Å². The fourth-order valence-corrected chi connectivity index (χ4v) is 2.79. The number of carbonyl (C=O) groups is 2. The molecule has 0 heterocycles. The van der Waals surface area contributed by atoms with Crippen molar-refractivity contribution < 1.29 is 14.7 Å². The first kappa shape index (κ1) is 15.0. The first-order valence-corrected chi connectivity index (χ1v) is 7.00. The van der Waals surface area contributed by atoms with Crippen LogP contribution in [0.5, 0.6) is 0 Å². The molecule has 1 saturated carbocycles. The first-order chi connectivity index (χ1) is 8.52. The second-order valence-electron chi connectivity index (χ2n) is 5.43. The van der Waals surface area contributed by atoms with Crippen molar-refractivity contribution in [3.63, 3.8) is 0 Å². The smallest absolute Gasteiger partial charge is 0.303 e. The molecule has 1 amide bonds. The normalized spacial score (nSPS) is 23.7. The summed E-state index contributed by atoms with van der Waals surface area (Å²) in [6, 6.07) is 0.380. The average Bonchev–Trinajstić information content (AvgIpc) is 2.34. The Kier molecular flexibility index (Phi) is 6.16. The lowest BCUT2D eigenvalue weighted by molar-refractivity contribution is -0.138. The molecule has 1 aliphatic carbocycles. The van der Waals surface area contributed by atoms with Crippen LogP contribution in [0, 0.1) is 5.92 Å². The van der Waals surface area contributed by atoms with Crippen LogP contribution in [-0.4, -0.2) is 35.0 Å². The van der Waals surface area contributed by atoms with Crippen molar-refractivity contribution in [3.05, 3.63) is 0 Å². The van der Waals surface area contributed by atoms with Gasteiger partial charge >= 0.3 is 5.97 Å². The van der Waals surface area contributed by atoms with E-state index in [1.165, 1.54) is 19.3 Å². The van der Waals surface area contributed by atoms with E-state index in [4.69, 9.17) is 5.11 Å². The Morgan fingerprint density at radius 3 is 2.39 bits per heavy atom. The number of amides is 1. The van der Waals surface area contributed by atoms with Crippen LogP contribution >= 0.6 is 0 Å². The van der Waals surface area contributed by atoms with E-state index in [0.717, 1.165) is 6.42 Å². The lowest BCUT2D eigenvalue weighted by Crippen LogP contribution is -2.42. The summed E-state index contributed by atoms with van der Waals surface area (Å²) in [4.78, 5) is 24.3. The topological polar surface area (TPSA) is 57.6 Å². The number of aliphatic carboxylic acids is 1. The molecule has 2 unspecified atom stereocenters. The summed E-state index contributed by atoms with van der Waals surface area (Å²) >= 11 is 0. The van der Waals surface area contributed by atoms with Crippen molar-refractivity contribution in [2.75, 3.05) is 7.05 Å². The summed E-state index contributed by atoms with van der Waals surface area (Å²) < 4.78 is 0. The van der Waals surface area contributed by atoms with Gasteiger partial charge in [-0.3, -0.25) is 9.59 Å². The Balaban J connectivity index is 2.29. The molecule has 0 bridgehead atoms. The van der Waals surface area contributed by atoms with E-state index in [1.807, 2.05) is 11.9 Å². The van der Waals surface area contributed by atoms with Crippen LogP contribution in [0.3, 0.4) is 0 Å². The molecule has 0 aromatic rings. The number of nitrogens with zero attached hydrogens (tertiary/aromatic N) is 1. The average molecular weight is 255 g/mol. The highest BCUT2D eigenvalue weighted by Gasteiger charge is 2.27. The molecule has 0 spiro atoms. The summed E-state index contributed by atoms with van der Waals surface area (Å²) in [5.74, 6) is -0.0254. The molecular weight excluding hydrogens is 230 g/mol. The zero-order chi connectivity index (χ0) is 13.5. The summed E-state index contributed by atoms with van der Waals surface area (Å²) in [6.45, 7) is 2.22. The monoisotopic (exact) mass is 255 g/mol. The highest BCUT2D eigenvalue weighted by molar-refractivity contribution is 5.76. The molecular formula is C14H25NO3. The molecule has 1 aliphatic rings. The third-order valence-electron chi connectivity index (χ3n) is 3.99. The Labute approximate surface area is 109 Å². The van der Waals surface area contributed by atoms with Gasteiger partial charge in [-0.1, -0.05) is 19.8 Å². The quantitative estimate of drug-likeness (QED) is 0.742. The summed E-state index contributed by atoms with van der Waals surface area (Å²) in [6.07, 6.45) is 6.72. The third kappa shape index (κ3) is 4.67. The van der Waals surface area contributed by atoms with Crippen molar-refractivity contribution in [2.45, 2.75) is 64.3 Å². The number of carbonyl (C=O) groups excluding carboxylic acids is 1. The zero-order valence-corrected chi connectivity index (χ0v) is 11.5. The molecule has 0 aliphatic heterocycles. The van der Waals surface area contributed by atoms with Crippen molar-refractivity contribution in [1.29, 1.82) is 0 Å².